The molecule has 3 nitrogen and oxygen atoms in total. The zero-order valence-electron chi connectivity index (χ0n) is 10.9. The molecule has 0 saturated heterocycles. The van der Waals surface area contributed by atoms with E-state index < -0.39 is 5.97 Å². The van der Waals surface area contributed by atoms with Crippen LogP contribution in [0.3, 0.4) is 0 Å². The standard InChI is InChI=1S/C15H19NO2/c1-11(2)5-7-16-8-6-12-3-4-13(15(17)18)9-14(12)10-16/h3-5,9H,6-8,10H2,1-2H3,(H,17,18). The van der Waals surface area contributed by atoms with Gasteiger partial charge in [0.25, 0.3) is 0 Å². The first kappa shape index (κ1) is 12.8. The zero-order valence-corrected chi connectivity index (χ0v) is 10.9. The molecule has 1 heterocycles. The quantitative estimate of drug-likeness (QED) is 0.832. The fourth-order valence-corrected chi connectivity index (χ4v) is 2.22. The first-order valence-corrected chi connectivity index (χ1v) is 6.27. The van der Waals surface area contributed by atoms with Crippen molar-refractivity contribution < 1.29 is 9.90 Å². The molecule has 1 aliphatic rings. The summed E-state index contributed by atoms with van der Waals surface area (Å²) in [7, 11) is 0. The van der Waals surface area contributed by atoms with Gasteiger partial charge >= 0.3 is 5.97 Å². The van der Waals surface area contributed by atoms with Crippen LogP contribution in [0.15, 0.2) is 29.8 Å². The highest BCUT2D eigenvalue weighted by molar-refractivity contribution is 5.87. The van der Waals surface area contributed by atoms with Crippen LogP contribution < -0.4 is 0 Å². The summed E-state index contributed by atoms with van der Waals surface area (Å²) in [4.78, 5) is 13.3. The monoisotopic (exact) mass is 245 g/mol. The van der Waals surface area contributed by atoms with Gasteiger partial charge in [-0.1, -0.05) is 17.7 Å². The lowest BCUT2D eigenvalue weighted by atomic mass is 9.97. The molecule has 1 N–H and O–H groups in total. The Labute approximate surface area is 108 Å². The Bertz CT molecular complexity index is 487. The van der Waals surface area contributed by atoms with Gasteiger partial charge in [-0.3, -0.25) is 4.90 Å². The molecule has 0 aromatic heterocycles. The highest BCUT2D eigenvalue weighted by Gasteiger charge is 2.16. The Morgan fingerprint density at radius 3 is 2.83 bits per heavy atom. The average molecular weight is 245 g/mol. The summed E-state index contributed by atoms with van der Waals surface area (Å²) >= 11 is 0. The fourth-order valence-electron chi connectivity index (χ4n) is 2.22. The molecule has 0 radical (unpaired) electrons. The van der Waals surface area contributed by atoms with Crippen LogP contribution >= 0.6 is 0 Å². The van der Waals surface area contributed by atoms with E-state index in [1.165, 1.54) is 11.1 Å². The van der Waals surface area contributed by atoms with Crippen molar-refractivity contribution in [1.29, 1.82) is 0 Å². The molecule has 0 saturated carbocycles. The van der Waals surface area contributed by atoms with E-state index in [9.17, 15) is 4.79 Å². The SMILES string of the molecule is CC(C)=CCN1CCc2ccc(C(=O)O)cc2C1. The van der Waals surface area contributed by atoms with Gasteiger partial charge < -0.3 is 5.11 Å². The van der Waals surface area contributed by atoms with Gasteiger partial charge in [-0.25, -0.2) is 4.79 Å². The normalized spacial score (nSPS) is 15.0. The highest BCUT2D eigenvalue weighted by atomic mass is 16.4. The van der Waals surface area contributed by atoms with E-state index in [-0.39, 0.29) is 0 Å². The van der Waals surface area contributed by atoms with Crippen LogP contribution in [0.1, 0.15) is 35.3 Å². The average Bonchev–Trinajstić information content (AvgIpc) is 2.35. The summed E-state index contributed by atoms with van der Waals surface area (Å²) < 4.78 is 0. The van der Waals surface area contributed by atoms with Crippen molar-refractivity contribution >= 4 is 5.97 Å². The van der Waals surface area contributed by atoms with Gasteiger partial charge in [0, 0.05) is 19.6 Å². The molecule has 0 bridgehead atoms. The minimum Gasteiger partial charge on any atom is -0.478 e. The maximum absolute atomic E-state index is 11.0. The van der Waals surface area contributed by atoms with Crippen LogP contribution in [0.4, 0.5) is 0 Å². The van der Waals surface area contributed by atoms with Crippen LogP contribution in [0, 0.1) is 0 Å². The third-order valence-electron chi connectivity index (χ3n) is 3.30. The molecule has 0 atom stereocenters. The van der Waals surface area contributed by atoms with Crippen molar-refractivity contribution in [3.05, 3.63) is 46.5 Å². The van der Waals surface area contributed by atoms with Crippen molar-refractivity contribution in [2.45, 2.75) is 26.8 Å². The van der Waals surface area contributed by atoms with Crippen LogP contribution in [0.25, 0.3) is 0 Å². The molecular weight excluding hydrogens is 226 g/mol. The highest BCUT2D eigenvalue weighted by Crippen LogP contribution is 2.20. The van der Waals surface area contributed by atoms with E-state index in [4.69, 9.17) is 5.11 Å². The predicted octanol–water partition coefficient (Wildman–Crippen LogP) is 2.71. The molecule has 96 valence electrons. The van der Waals surface area contributed by atoms with Crippen LogP contribution in [-0.4, -0.2) is 29.1 Å². The number of rotatable bonds is 3. The molecule has 1 aliphatic heterocycles. The summed E-state index contributed by atoms with van der Waals surface area (Å²) in [5, 5.41) is 9.01. The Kier molecular flexibility index (Phi) is 3.82. The van der Waals surface area contributed by atoms with Gasteiger partial charge in [0.05, 0.1) is 5.56 Å². The Morgan fingerprint density at radius 2 is 2.17 bits per heavy atom. The Hall–Kier alpha value is -1.61. The lowest BCUT2D eigenvalue weighted by molar-refractivity contribution is 0.0696. The maximum Gasteiger partial charge on any atom is 0.335 e. The summed E-state index contributed by atoms with van der Waals surface area (Å²) in [5.74, 6) is -0.848. The fraction of sp³-hybridized carbons (Fsp3) is 0.400. The van der Waals surface area contributed by atoms with Crippen molar-refractivity contribution in [3.63, 3.8) is 0 Å². The van der Waals surface area contributed by atoms with E-state index in [0.29, 0.717) is 5.56 Å². The number of fused-ring (bicyclic) bond motifs is 1. The number of allylic oxidation sites excluding steroid dienone is 1. The molecule has 2 rings (SSSR count). The molecule has 1 aromatic rings. The third kappa shape index (κ3) is 2.99. The Morgan fingerprint density at radius 1 is 1.39 bits per heavy atom. The smallest absolute Gasteiger partial charge is 0.335 e. The van der Waals surface area contributed by atoms with E-state index in [0.717, 1.165) is 31.6 Å². The van der Waals surface area contributed by atoms with Gasteiger partial charge in [0.15, 0.2) is 0 Å². The van der Waals surface area contributed by atoms with Gasteiger partial charge in [-0.05, 0) is 43.5 Å². The number of carbonyl (C=O) groups is 1. The summed E-state index contributed by atoms with van der Waals surface area (Å²) in [5.41, 5.74) is 4.15. The summed E-state index contributed by atoms with van der Waals surface area (Å²) in [6.45, 7) is 7.03. The number of aromatic carboxylic acids is 1. The van der Waals surface area contributed by atoms with Crippen molar-refractivity contribution in [2.24, 2.45) is 0 Å². The second-order valence-corrected chi connectivity index (χ2v) is 5.06. The first-order valence-electron chi connectivity index (χ1n) is 6.27. The van der Waals surface area contributed by atoms with Gasteiger partial charge in [-0.2, -0.15) is 0 Å². The summed E-state index contributed by atoms with van der Waals surface area (Å²) in [6.07, 6.45) is 3.22. The number of hydrogen-bond acceptors (Lipinski definition) is 2. The number of benzene rings is 1. The molecule has 0 amide bonds. The van der Waals surface area contributed by atoms with Crippen LogP contribution in [0.2, 0.25) is 0 Å². The number of nitrogens with zero attached hydrogens (tertiary/aromatic N) is 1. The molecule has 3 heteroatoms. The minimum absolute atomic E-state index is 0.387. The molecular formula is C15H19NO2. The minimum atomic E-state index is -0.848. The number of hydrogen-bond donors (Lipinski definition) is 1. The number of carboxylic acids is 1. The topological polar surface area (TPSA) is 40.5 Å². The summed E-state index contributed by atoms with van der Waals surface area (Å²) in [6, 6.07) is 5.47. The van der Waals surface area contributed by atoms with E-state index >= 15 is 0 Å². The van der Waals surface area contributed by atoms with Crippen molar-refractivity contribution in [3.8, 4) is 0 Å². The van der Waals surface area contributed by atoms with E-state index in [1.807, 2.05) is 12.1 Å². The van der Waals surface area contributed by atoms with Gasteiger partial charge in [0.2, 0.25) is 0 Å². The maximum atomic E-state index is 11.0. The zero-order chi connectivity index (χ0) is 13.1. The molecule has 0 unspecified atom stereocenters. The second kappa shape index (κ2) is 5.36. The Balaban J connectivity index is 2.14. The van der Waals surface area contributed by atoms with Crippen molar-refractivity contribution in [1.82, 2.24) is 4.90 Å². The largest absolute Gasteiger partial charge is 0.478 e. The molecule has 0 aliphatic carbocycles. The van der Waals surface area contributed by atoms with Crippen LogP contribution in [-0.2, 0) is 13.0 Å². The third-order valence-corrected chi connectivity index (χ3v) is 3.30. The van der Waals surface area contributed by atoms with E-state index in [2.05, 4.69) is 24.8 Å². The van der Waals surface area contributed by atoms with Crippen LogP contribution in [0.5, 0.6) is 0 Å². The molecule has 0 fully saturated rings. The molecule has 0 spiro atoms. The van der Waals surface area contributed by atoms with Gasteiger partial charge in [0.1, 0.15) is 0 Å². The lowest BCUT2D eigenvalue weighted by Gasteiger charge is -2.28. The first-order chi connectivity index (χ1) is 8.56. The molecule has 1 aromatic carbocycles. The molecule has 18 heavy (non-hydrogen) atoms. The number of carboxylic acid groups (broad SMARTS) is 1. The predicted molar refractivity (Wildman–Crippen MR) is 71.8 cm³/mol. The van der Waals surface area contributed by atoms with E-state index in [1.54, 1.807) is 6.07 Å². The van der Waals surface area contributed by atoms with Crippen molar-refractivity contribution in [2.75, 3.05) is 13.1 Å². The van der Waals surface area contributed by atoms with Gasteiger partial charge in [-0.15, -0.1) is 0 Å². The second-order valence-electron chi connectivity index (χ2n) is 5.06. The lowest BCUT2D eigenvalue weighted by Crippen LogP contribution is -2.30.